The minimum Gasteiger partial charge on any atom is -0.444 e. The molecule has 20 heavy (non-hydrogen) atoms. The van der Waals surface area contributed by atoms with Crippen molar-refractivity contribution in [1.82, 2.24) is 9.88 Å². The van der Waals surface area contributed by atoms with E-state index >= 15 is 0 Å². The lowest BCUT2D eigenvalue weighted by Crippen LogP contribution is -2.39. The predicted octanol–water partition coefficient (Wildman–Crippen LogP) is 3.87. The summed E-state index contributed by atoms with van der Waals surface area (Å²) in [6.45, 7) is 6.89. The Hall–Kier alpha value is -1.36. The molecule has 0 unspecified atom stereocenters. The Morgan fingerprint density at radius 3 is 2.70 bits per heavy atom. The molecule has 0 aliphatic carbocycles. The van der Waals surface area contributed by atoms with Crippen molar-refractivity contribution >= 4 is 27.6 Å². The summed E-state index contributed by atoms with van der Waals surface area (Å²) in [7, 11) is 0. The van der Waals surface area contributed by atoms with E-state index in [1.54, 1.807) is 11.1 Å². The molecule has 0 saturated heterocycles. The lowest BCUT2D eigenvalue weighted by Gasteiger charge is -2.29. The molecule has 2 rings (SSSR count). The van der Waals surface area contributed by atoms with Crippen molar-refractivity contribution in [2.45, 2.75) is 32.8 Å². The normalized spacial score (nSPS) is 15.8. The molecule has 0 bridgehead atoms. The number of carbonyl (C=O) groups excluding carboxylic acids is 1. The monoisotopic (exact) mass is 338 g/mol. The van der Waals surface area contributed by atoms with Gasteiger partial charge in [0.25, 0.3) is 0 Å². The number of ether oxygens (including phenoxy) is 1. The number of rotatable bonds is 1. The fraction of sp³-hybridized carbons (Fsp3) is 0.467. The van der Waals surface area contributed by atoms with E-state index in [9.17, 15) is 4.79 Å². The molecule has 2 heterocycles. The molecule has 1 amide bonds. The average molecular weight is 339 g/mol. The Kier molecular flexibility index (Phi) is 4.48. The molecule has 0 radical (unpaired) electrons. The number of aromatic nitrogens is 1. The Labute approximate surface area is 128 Å². The van der Waals surface area contributed by atoms with E-state index in [1.165, 1.54) is 5.57 Å². The van der Waals surface area contributed by atoms with Crippen LogP contribution in [0.4, 0.5) is 4.79 Å². The van der Waals surface area contributed by atoms with Gasteiger partial charge < -0.3 is 9.64 Å². The van der Waals surface area contributed by atoms with E-state index in [1.807, 2.05) is 33.0 Å². The Morgan fingerprint density at radius 1 is 1.40 bits per heavy atom. The molecule has 0 N–H and O–H groups in total. The van der Waals surface area contributed by atoms with E-state index in [2.05, 4.69) is 27.0 Å². The highest BCUT2D eigenvalue weighted by Gasteiger charge is 2.23. The van der Waals surface area contributed by atoms with Crippen molar-refractivity contribution in [3.8, 4) is 0 Å². The highest BCUT2D eigenvalue weighted by molar-refractivity contribution is 9.10. The van der Waals surface area contributed by atoms with Crippen LogP contribution < -0.4 is 0 Å². The Balaban J connectivity index is 2.02. The molecule has 0 fully saturated rings. The molecule has 1 aliphatic heterocycles. The predicted molar refractivity (Wildman–Crippen MR) is 82.3 cm³/mol. The lowest BCUT2D eigenvalue weighted by atomic mass is 10.0. The van der Waals surface area contributed by atoms with Crippen LogP contribution in [-0.2, 0) is 4.74 Å². The summed E-state index contributed by atoms with van der Waals surface area (Å²) < 4.78 is 6.34. The fourth-order valence-electron chi connectivity index (χ4n) is 2.01. The van der Waals surface area contributed by atoms with Gasteiger partial charge in [-0.1, -0.05) is 6.08 Å². The van der Waals surface area contributed by atoms with Crippen LogP contribution in [0.25, 0.3) is 5.57 Å². The highest BCUT2D eigenvalue weighted by atomic mass is 79.9. The molecule has 1 aromatic rings. The van der Waals surface area contributed by atoms with Crippen LogP contribution in [-0.4, -0.2) is 34.7 Å². The third-order valence-corrected chi connectivity index (χ3v) is 3.37. The zero-order valence-corrected chi connectivity index (χ0v) is 13.6. The molecular weight excluding hydrogens is 320 g/mol. The Morgan fingerprint density at radius 2 is 2.15 bits per heavy atom. The summed E-state index contributed by atoms with van der Waals surface area (Å²) in [6.07, 6.45) is 6.24. The molecule has 0 aromatic carbocycles. The van der Waals surface area contributed by atoms with Gasteiger partial charge in [-0.3, -0.25) is 4.98 Å². The fourth-order valence-corrected chi connectivity index (χ4v) is 2.38. The third-order valence-electron chi connectivity index (χ3n) is 2.94. The SMILES string of the molecule is CC(C)(C)OC(=O)N1CC=C(c2cncc(Br)c2)CC1. The summed E-state index contributed by atoms with van der Waals surface area (Å²) in [4.78, 5) is 17.9. The number of hydrogen-bond donors (Lipinski definition) is 0. The van der Waals surface area contributed by atoms with Crippen LogP contribution in [0.5, 0.6) is 0 Å². The molecule has 1 aliphatic rings. The molecule has 1 aromatic heterocycles. The van der Waals surface area contributed by atoms with Crippen LogP contribution in [0.1, 0.15) is 32.8 Å². The standard InChI is InChI=1S/C15H19BrN2O2/c1-15(2,3)20-14(19)18-6-4-11(5-7-18)12-8-13(16)10-17-9-12/h4,8-10H,5-7H2,1-3H3. The van der Waals surface area contributed by atoms with Gasteiger partial charge in [0, 0.05) is 30.0 Å². The van der Waals surface area contributed by atoms with Crippen LogP contribution in [0.15, 0.2) is 29.0 Å². The van der Waals surface area contributed by atoms with Crippen molar-refractivity contribution in [1.29, 1.82) is 0 Å². The molecule has 0 saturated carbocycles. The molecule has 108 valence electrons. The largest absolute Gasteiger partial charge is 0.444 e. The van der Waals surface area contributed by atoms with Gasteiger partial charge in [-0.15, -0.1) is 0 Å². The van der Waals surface area contributed by atoms with Gasteiger partial charge >= 0.3 is 6.09 Å². The number of carbonyl (C=O) groups is 1. The second-order valence-electron chi connectivity index (χ2n) is 5.80. The van der Waals surface area contributed by atoms with E-state index in [4.69, 9.17) is 4.74 Å². The zero-order valence-electron chi connectivity index (χ0n) is 12.0. The van der Waals surface area contributed by atoms with Gasteiger partial charge in [0.2, 0.25) is 0 Å². The van der Waals surface area contributed by atoms with E-state index in [-0.39, 0.29) is 6.09 Å². The number of amides is 1. The summed E-state index contributed by atoms with van der Waals surface area (Å²) in [5, 5.41) is 0. The van der Waals surface area contributed by atoms with Crippen molar-refractivity contribution < 1.29 is 9.53 Å². The van der Waals surface area contributed by atoms with E-state index < -0.39 is 5.60 Å². The van der Waals surface area contributed by atoms with Crippen LogP contribution >= 0.6 is 15.9 Å². The molecule has 5 heteroatoms. The van der Waals surface area contributed by atoms with Crippen molar-refractivity contribution in [3.05, 3.63) is 34.6 Å². The first-order chi connectivity index (χ1) is 9.35. The molecule has 0 atom stereocenters. The lowest BCUT2D eigenvalue weighted by molar-refractivity contribution is 0.0270. The summed E-state index contributed by atoms with van der Waals surface area (Å²) in [6, 6.07) is 2.04. The first-order valence-electron chi connectivity index (χ1n) is 6.63. The minimum absolute atomic E-state index is 0.250. The van der Waals surface area contributed by atoms with E-state index in [0.717, 1.165) is 16.5 Å². The minimum atomic E-state index is -0.449. The number of halogens is 1. The average Bonchev–Trinajstić information content (AvgIpc) is 2.37. The molecule has 0 spiro atoms. The smallest absolute Gasteiger partial charge is 0.410 e. The Bertz CT molecular complexity index is 535. The number of pyridine rings is 1. The first-order valence-corrected chi connectivity index (χ1v) is 7.42. The summed E-state index contributed by atoms with van der Waals surface area (Å²) in [5.74, 6) is 0. The van der Waals surface area contributed by atoms with Crippen molar-refractivity contribution in [2.75, 3.05) is 13.1 Å². The maximum absolute atomic E-state index is 12.0. The summed E-state index contributed by atoms with van der Waals surface area (Å²) >= 11 is 3.42. The second kappa shape index (κ2) is 5.95. The van der Waals surface area contributed by atoms with Gasteiger partial charge in [0.05, 0.1) is 0 Å². The third kappa shape index (κ3) is 4.07. The van der Waals surface area contributed by atoms with Crippen LogP contribution in [0, 0.1) is 0 Å². The van der Waals surface area contributed by atoms with Crippen molar-refractivity contribution in [3.63, 3.8) is 0 Å². The second-order valence-corrected chi connectivity index (χ2v) is 6.71. The number of nitrogens with zero attached hydrogens (tertiary/aromatic N) is 2. The molecular formula is C15H19BrN2O2. The summed E-state index contributed by atoms with van der Waals surface area (Å²) in [5.41, 5.74) is 1.87. The van der Waals surface area contributed by atoms with Gasteiger partial charge in [0.1, 0.15) is 5.60 Å². The topological polar surface area (TPSA) is 42.4 Å². The maximum Gasteiger partial charge on any atom is 0.410 e. The zero-order chi connectivity index (χ0) is 14.8. The van der Waals surface area contributed by atoms with Crippen LogP contribution in [0.2, 0.25) is 0 Å². The van der Waals surface area contributed by atoms with Gasteiger partial charge in [-0.05, 0) is 60.3 Å². The number of hydrogen-bond acceptors (Lipinski definition) is 3. The van der Waals surface area contributed by atoms with Crippen LogP contribution in [0.3, 0.4) is 0 Å². The van der Waals surface area contributed by atoms with Gasteiger partial charge in [-0.25, -0.2) is 4.79 Å². The van der Waals surface area contributed by atoms with Gasteiger partial charge in [-0.2, -0.15) is 0 Å². The quantitative estimate of drug-likeness (QED) is 0.780. The van der Waals surface area contributed by atoms with Crippen molar-refractivity contribution in [2.24, 2.45) is 0 Å². The maximum atomic E-state index is 12.0. The highest BCUT2D eigenvalue weighted by Crippen LogP contribution is 2.24. The molecule has 4 nitrogen and oxygen atoms in total. The van der Waals surface area contributed by atoms with Gasteiger partial charge in [0.15, 0.2) is 0 Å². The first kappa shape index (κ1) is 15.0. The van der Waals surface area contributed by atoms with E-state index in [0.29, 0.717) is 13.1 Å².